The van der Waals surface area contributed by atoms with Gasteiger partial charge in [-0.2, -0.15) is 0 Å². The highest BCUT2D eigenvalue weighted by molar-refractivity contribution is 5.51. The maximum Gasteiger partial charge on any atom is 0.162 e. The van der Waals surface area contributed by atoms with E-state index < -0.39 is 0 Å². The van der Waals surface area contributed by atoms with Gasteiger partial charge in [-0.05, 0) is 25.0 Å². The van der Waals surface area contributed by atoms with Crippen LogP contribution in [0.25, 0.3) is 0 Å². The van der Waals surface area contributed by atoms with Crippen molar-refractivity contribution in [3.8, 4) is 11.5 Å². The minimum atomic E-state index is 0.117. The van der Waals surface area contributed by atoms with Gasteiger partial charge in [0, 0.05) is 18.4 Å². The van der Waals surface area contributed by atoms with Crippen LogP contribution in [0.4, 0.5) is 5.69 Å². The van der Waals surface area contributed by atoms with Crippen LogP contribution < -0.4 is 15.2 Å². The zero-order valence-corrected chi connectivity index (χ0v) is 9.44. The third-order valence-corrected chi connectivity index (χ3v) is 2.60. The molecule has 2 rings (SSSR count). The summed E-state index contributed by atoms with van der Waals surface area (Å²) >= 11 is 0. The highest BCUT2D eigenvalue weighted by atomic mass is 16.5. The van der Waals surface area contributed by atoms with E-state index in [0.717, 1.165) is 25.2 Å². The van der Waals surface area contributed by atoms with Gasteiger partial charge < -0.3 is 19.9 Å². The summed E-state index contributed by atoms with van der Waals surface area (Å²) in [6.45, 7) is 1.48. The van der Waals surface area contributed by atoms with Crippen molar-refractivity contribution in [2.24, 2.45) is 0 Å². The molecule has 1 aliphatic heterocycles. The summed E-state index contributed by atoms with van der Waals surface area (Å²) in [7, 11) is 1.61. The van der Waals surface area contributed by atoms with Gasteiger partial charge in [0.2, 0.25) is 0 Å². The number of nitrogens with two attached hydrogens (primary N) is 1. The first-order valence-electron chi connectivity index (χ1n) is 5.47. The van der Waals surface area contributed by atoms with Gasteiger partial charge in [-0.15, -0.1) is 0 Å². The van der Waals surface area contributed by atoms with Crippen molar-refractivity contribution in [2.45, 2.75) is 18.9 Å². The molecule has 0 bridgehead atoms. The Morgan fingerprint density at radius 2 is 2.25 bits per heavy atom. The molecule has 2 N–H and O–H groups in total. The van der Waals surface area contributed by atoms with Gasteiger partial charge in [0.1, 0.15) is 6.10 Å². The minimum absolute atomic E-state index is 0.117. The average molecular weight is 223 g/mol. The monoisotopic (exact) mass is 223 g/mol. The number of ether oxygens (including phenoxy) is 3. The predicted molar refractivity (Wildman–Crippen MR) is 61.9 cm³/mol. The fraction of sp³-hybridized carbons (Fsp3) is 0.500. The van der Waals surface area contributed by atoms with Crippen molar-refractivity contribution in [3.63, 3.8) is 0 Å². The molecule has 1 aliphatic rings. The Morgan fingerprint density at radius 1 is 1.38 bits per heavy atom. The molecule has 4 heteroatoms. The van der Waals surface area contributed by atoms with E-state index >= 15 is 0 Å². The normalized spacial score (nSPS) is 20.4. The Bertz CT molecular complexity index is 348. The Balaban J connectivity index is 2.07. The molecule has 1 saturated heterocycles. The van der Waals surface area contributed by atoms with E-state index in [0.29, 0.717) is 18.0 Å². The van der Waals surface area contributed by atoms with E-state index in [9.17, 15) is 0 Å². The number of nitrogen functional groups attached to an aromatic ring is 1. The number of anilines is 1. The van der Waals surface area contributed by atoms with Gasteiger partial charge in [0.05, 0.1) is 13.7 Å². The van der Waals surface area contributed by atoms with Crippen LogP contribution in [0.3, 0.4) is 0 Å². The number of hydrogen-bond donors (Lipinski definition) is 1. The molecule has 0 saturated carbocycles. The second kappa shape index (κ2) is 5.07. The van der Waals surface area contributed by atoms with Crippen LogP contribution >= 0.6 is 0 Å². The quantitative estimate of drug-likeness (QED) is 0.794. The molecule has 16 heavy (non-hydrogen) atoms. The topological polar surface area (TPSA) is 53.7 Å². The lowest BCUT2D eigenvalue weighted by Crippen LogP contribution is -2.28. The Hall–Kier alpha value is -1.42. The van der Waals surface area contributed by atoms with Crippen LogP contribution in [-0.2, 0) is 4.74 Å². The highest BCUT2D eigenvalue weighted by Gasteiger charge is 2.17. The van der Waals surface area contributed by atoms with E-state index in [2.05, 4.69) is 0 Å². The van der Waals surface area contributed by atoms with Crippen LogP contribution in [0.15, 0.2) is 18.2 Å². The summed E-state index contributed by atoms with van der Waals surface area (Å²) in [4.78, 5) is 0. The molecule has 0 amide bonds. The Kier molecular flexibility index (Phi) is 3.51. The van der Waals surface area contributed by atoms with E-state index in [4.69, 9.17) is 19.9 Å². The molecular weight excluding hydrogens is 206 g/mol. The zero-order valence-electron chi connectivity index (χ0n) is 9.44. The molecule has 0 spiro atoms. The minimum Gasteiger partial charge on any atom is -0.493 e. The fourth-order valence-corrected chi connectivity index (χ4v) is 1.77. The fourth-order valence-electron chi connectivity index (χ4n) is 1.77. The van der Waals surface area contributed by atoms with E-state index in [1.54, 1.807) is 13.2 Å². The summed E-state index contributed by atoms with van der Waals surface area (Å²) in [6.07, 6.45) is 2.18. The Labute approximate surface area is 95.3 Å². The van der Waals surface area contributed by atoms with Crippen molar-refractivity contribution in [3.05, 3.63) is 18.2 Å². The van der Waals surface area contributed by atoms with Crippen LogP contribution in [-0.4, -0.2) is 26.4 Å². The first-order chi connectivity index (χ1) is 7.79. The maximum absolute atomic E-state index is 5.83. The van der Waals surface area contributed by atoms with Gasteiger partial charge >= 0.3 is 0 Å². The molecular formula is C12H17NO3. The molecule has 1 aromatic rings. The molecule has 0 aliphatic carbocycles. The first kappa shape index (κ1) is 11.1. The maximum atomic E-state index is 5.83. The lowest BCUT2D eigenvalue weighted by Gasteiger charge is -2.24. The smallest absolute Gasteiger partial charge is 0.162 e. The third-order valence-electron chi connectivity index (χ3n) is 2.60. The lowest BCUT2D eigenvalue weighted by molar-refractivity contribution is 0.00645. The molecule has 1 heterocycles. The SMILES string of the molecule is COc1cc(N)ccc1O[C@@H]1CCCOC1. The number of benzene rings is 1. The van der Waals surface area contributed by atoms with Gasteiger partial charge in [-0.3, -0.25) is 0 Å². The van der Waals surface area contributed by atoms with Crippen molar-refractivity contribution in [2.75, 3.05) is 26.1 Å². The molecule has 4 nitrogen and oxygen atoms in total. The summed E-state index contributed by atoms with van der Waals surface area (Å²) in [5.41, 5.74) is 6.35. The molecule has 0 aromatic heterocycles. The second-order valence-electron chi connectivity index (χ2n) is 3.87. The number of methoxy groups -OCH3 is 1. The van der Waals surface area contributed by atoms with Crippen LogP contribution in [0, 0.1) is 0 Å². The Morgan fingerprint density at radius 3 is 2.94 bits per heavy atom. The third kappa shape index (κ3) is 2.58. The van der Waals surface area contributed by atoms with Gasteiger partial charge in [-0.1, -0.05) is 0 Å². The molecule has 88 valence electrons. The van der Waals surface area contributed by atoms with Crippen LogP contribution in [0.5, 0.6) is 11.5 Å². The van der Waals surface area contributed by atoms with Crippen molar-refractivity contribution < 1.29 is 14.2 Å². The largest absolute Gasteiger partial charge is 0.493 e. The molecule has 1 fully saturated rings. The summed E-state index contributed by atoms with van der Waals surface area (Å²) in [5, 5.41) is 0. The number of rotatable bonds is 3. The highest BCUT2D eigenvalue weighted by Crippen LogP contribution is 2.30. The van der Waals surface area contributed by atoms with Gasteiger partial charge in [0.25, 0.3) is 0 Å². The van der Waals surface area contributed by atoms with Crippen molar-refractivity contribution >= 4 is 5.69 Å². The summed E-state index contributed by atoms with van der Waals surface area (Å²) in [5.74, 6) is 1.40. The van der Waals surface area contributed by atoms with E-state index in [1.165, 1.54) is 0 Å². The summed E-state index contributed by atoms with van der Waals surface area (Å²) in [6, 6.07) is 5.41. The molecule has 0 unspecified atom stereocenters. The van der Waals surface area contributed by atoms with Crippen LogP contribution in [0.1, 0.15) is 12.8 Å². The average Bonchev–Trinajstić information content (AvgIpc) is 2.33. The van der Waals surface area contributed by atoms with E-state index in [1.807, 2.05) is 12.1 Å². The second-order valence-corrected chi connectivity index (χ2v) is 3.87. The first-order valence-corrected chi connectivity index (χ1v) is 5.47. The van der Waals surface area contributed by atoms with E-state index in [-0.39, 0.29) is 6.10 Å². The van der Waals surface area contributed by atoms with Crippen molar-refractivity contribution in [1.29, 1.82) is 0 Å². The number of hydrogen-bond acceptors (Lipinski definition) is 4. The zero-order chi connectivity index (χ0) is 11.4. The molecule has 1 aromatic carbocycles. The van der Waals surface area contributed by atoms with Crippen LogP contribution in [0.2, 0.25) is 0 Å². The summed E-state index contributed by atoms with van der Waals surface area (Å²) < 4.78 is 16.4. The predicted octanol–water partition coefficient (Wildman–Crippen LogP) is 1.84. The molecule has 1 atom stereocenters. The van der Waals surface area contributed by atoms with Gasteiger partial charge in [-0.25, -0.2) is 0 Å². The standard InChI is InChI=1S/C12H17NO3/c1-14-12-7-9(13)4-5-11(12)16-10-3-2-6-15-8-10/h4-5,7,10H,2-3,6,8,13H2,1H3/t10-/m1/s1. The lowest BCUT2D eigenvalue weighted by atomic mass is 10.2. The van der Waals surface area contributed by atoms with Gasteiger partial charge in [0.15, 0.2) is 11.5 Å². The van der Waals surface area contributed by atoms with Crippen molar-refractivity contribution in [1.82, 2.24) is 0 Å². The molecule has 0 radical (unpaired) electrons.